The zero-order valence-electron chi connectivity index (χ0n) is 16.2. The van der Waals surface area contributed by atoms with Crippen LogP contribution in [0.2, 0.25) is 0 Å². The molecule has 0 aliphatic heterocycles. The van der Waals surface area contributed by atoms with Crippen molar-refractivity contribution in [2.45, 2.75) is 18.2 Å². The average Bonchev–Trinajstić information content (AvgIpc) is 3.13. The van der Waals surface area contributed by atoms with Gasteiger partial charge in [0.05, 0.1) is 4.90 Å². The number of nitrogens with one attached hydrogen (secondary N) is 1. The van der Waals surface area contributed by atoms with E-state index in [0.29, 0.717) is 29.1 Å². The fourth-order valence-corrected chi connectivity index (χ4v) is 4.06. The number of nitrogens with zero attached hydrogens (tertiary/aromatic N) is 1. The highest BCUT2D eigenvalue weighted by Gasteiger charge is 2.22. The number of anilines is 1. The van der Waals surface area contributed by atoms with E-state index in [1.54, 1.807) is 37.3 Å². The molecule has 4 aromatic rings. The van der Waals surface area contributed by atoms with Gasteiger partial charge in [-0.25, -0.2) is 22.5 Å². The highest BCUT2D eigenvalue weighted by Crippen LogP contribution is 2.32. The molecule has 0 unspecified atom stereocenters. The number of hydrogen-bond donors (Lipinski definition) is 1. The van der Waals surface area contributed by atoms with Gasteiger partial charge in [0.2, 0.25) is 11.8 Å². The SMILES string of the molecule is Cc1cc(-c2nc(Cc3ccccc3)oc2NS(=O)(=O)c2ccccc2)ccc1F. The van der Waals surface area contributed by atoms with E-state index >= 15 is 0 Å². The Bertz CT molecular complexity index is 1270. The topological polar surface area (TPSA) is 72.2 Å². The second-order valence-corrected chi connectivity index (χ2v) is 8.51. The smallest absolute Gasteiger partial charge is 0.264 e. The Morgan fingerprint density at radius 2 is 1.63 bits per heavy atom. The van der Waals surface area contributed by atoms with Gasteiger partial charge in [-0.2, -0.15) is 0 Å². The van der Waals surface area contributed by atoms with Crippen LogP contribution in [-0.2, 0) is 16.4 Å². The van der Waals surface area contributed by atoms with Crippen LogP contribution in [-0.4, -0.2) is 13.4 Å². The van der Waals surface area contributed by atoms with E-state index in [4.69, 9.17) is 4.42 Å². The molecule has 0 spiro atoms. The highest BCUT2D eigenvalue weighted by molar-refractivity contribution is 7.92. The molecule has 0 radical (unpaired) electrons. The average molecular weight is 422 g/mol. The molecule has 0 amide bonds. The first-order chi connectivity index (χ1) is 14.4. The largest absolute Gasteiger partial charge is 0.423 e. The van der Waals surface area contributed by atoms with Crippen LogP contribution >= 0.6 is 0 Å². The predicted molar refractivity (Wildman–Crippen MR) is 113 cm³/mol. The Balaban J connectivity index is 1.76. The minimum absolute atomic E-state index is 0.00390. The maximum absolute atomic E-state index is 13.7. The Hall–Kier alpha value is -3.45. The van der Waals surface area contributed by atoms with Gasteiger partial charge in [0.15, 0.2) is 0 Å². The molecule has 0 aliphatic rings. The highest BCUT2D eigenvalue weighted by atomic mass is 32.2. The van der Waals surface area contributed by atoms with E-state index in [9.17, 15) is 12.8 Å². The molecular weight excluding hydrogens is 403 g/mol. The Kier molecular flexibility index (Phi) is 5.37. The van der Waals surface area contributed by atoms with Gasteiger partial charge in [-0.15, -0.1) is 0 Å². The predicted octanol–water partition coefficient (Wildman–Crippen LogP) is 5.18. The van der Waals surface area contributed by atoms with Crippen LogP contribution < -0.4 is 4.72 Å². The summed E-state index contributed by atoms with van der Waals surface area (Å²) in [7, 11) is -3.88. The number of sulfonamides is 1. The first-order valence-electron chi connectivity index (χ1n) is 9.30. The monoisotopic (exact) mass is 422 g/mol. The summed E-state index contributed by atoms with van der Waals surface area (Å²) < 4.78 is 47.7. The number of halogens is 1. The lowest BCUT2D eigenvalue weighted by molar-refractivity contribution is 0.521. The number of hydrogen-bond acceptors (Lipinski definition) is 4. The van der Waals surface area contributed by atoms with Gasteiger partial charge in [0.1, 0.15) is 11.5 Å². The molecule has 0 atom stereocenters. The number of rotatable bonds is 6. The first-order valence-corrected chi connectivity index (χ1v) is 10.8. The lowest BCUT2D eigenvalue weighted by atomic mass is 10.1. The molecule has 3 aromatic carbocycles. The maximum Gasteiger partial charge on any atom is 0.264 e. The molecule has 0 aliphatic carbocycles. The summed E-state index contributed by atoms with van der Waals surface area (Å²) in [6, 6.07) is 22.1. The third-order valence-electron chi connectivity index (χ3n) is 4.58. The van der Waals surface area contributed by atoms with Crippen molar-refractivity contribution in [3.63, 3.8) is 0 Å². The summed E-state index contributed by atoms with van der Waals surface area (Å²) in [5.74, 6) is -0.00194. The molecule has 0 saturated carbocycles. The fourth-order valence-electron chi connectivity index (χ4n) is 3.05. The van der Waals surface area contributed by atoms with Crippen LogP contribution in [0.3, 0.4) is 0 Å². The molecule has 5 nitrogen and oxygen atoms in total. The minimum atomic E-state index is -3.88. The van der Waals surface area contributed by atoms with Crippen molar-refractivity contribution >= 4 is 15.9 Å². The van der Waals surface area contributed by atoms with Crippen LogP contribution in [0.1, 0.15) is 17.0 Å². The summed E-state index contributed by atoms with van der Waals surface area (Å²) in [6.45, 7) is 1.64. The van der Waals surface area contributed by atoms with Gasteiger partial charge in [0.25, 0.3) is 10.0 Å². The van der Waals surface area contributed by atoms with Crippen molar-refractivity contribution in [2.75, 3.05) is 4.72 Å². The summed E-state index contributed by atoms with van der Waals surface area (Å²) >= 11 is 0. The van der Waals surface area contributed by atoms with Crippen LogP contribution in [0.5, 0.6) is 0 Å². The molecule has 0 fully saturated rings. The lowest BCUT2D eigenvalue weighted by Crippen LogP contribution is -2.13. The molecule has 152 valence electrons. The minimum Gasteiger partial charge on any atom is -0.423 e. The molecule has 1 N–H and O–H groups in total. The number of aryl methyl sites for hydroxylation is 1. The normalized spacial score (nSPS) is 11.4. The Morgan fingerprint density at radius 1 is 0.967 bits per heavy atom. The van der Waals surface area contributed by atoms with E-state index < -0.39 is 10.0 Å². The van der Waals surface area contributed by atoms with E-state index in [2.05, 4.69) is 9.71 Å². The van der Waals surface area contributed by atoms with E-state index in [-0.39, 0.29) is 16.6 Å². The summed E-state index contributed by atoms with van der Waals surface area (Å²) in [5.41, 5.74) is 2.27. The van der Waals surface area contributed by atoms with Crippen LogP contribution in [0, 0.1) is 12.7 Å². The fraction of sp³-hybridized carbons (Fsp3) is 0.0870. The van der Waals surface area contributed by atoms with Gasteiger partial charge in [0, 0.05) is 12.0 Å². The van der Waals surface area contributed by atoms with Crippen LogP contribution in [0.25, 0.3) is 11.3 Å². The third kappa shape index (κ3) is 4.26. The van der Waals surface area contributed by atoms with Crippen LogP contribution in [0.15, 0.2) is 88.2 Å². The van der Waals surface area contributed by atoms with Crippen molar-refractivity contribution in [3.8, 4) is 11.3 Å². The third-order valence-corrected chi connectivity index (χ3v) is 5.93. The maximum atomic E-state index is 13.7. The van der Waals surface area contributed by atoms with Gasteiger partial charge >= 0.3 is 0 Å². The standard InChI is InChI=1S/C23H19FN2O3S/c1-16-14-18(12-13-20(16)24)22-23(26-30(27,28)19-10-6-3-7-11-19)29-21(25-22)15-17-8-4-2-5-9-17/h2-14,26H,15H2,1H3. The molecule has 0 saturated heterocycles. The molecular formula is C23H19FN2O3S. The van der Waals surface area contributed by atoms with Crippen molar-refractivity contribution in [3.05, 3.63) is 102 Å². The molecule has 4 rings (SSSR count). The van der Waals surface area contributed by atoms with Gasteiger partial charge in [-0.3, -0.25) is 0 Å². The quantitative estimate of drug-likeness (QED) is 0.465. The summed E-state index contributed by atoms with van der Waals surface area (Å²) in [6.07, 6.45) is 0.390. The first kappa shape index (κ1) is 19.8. The zero-order valence-corrected chi connectivity index (χ0v) is 17.0. The Labute approximate surface area is 174 Å². The number of aromatic nitrogens is 1. The van der Waals surface area contributed by atoms with Crippen molar-refractivity contribution in [1.82, 2.24) is 4.98 Å². The van der Waals surface area contributed by atoms with Gasteiger partial charge in [-0.1, -0.05) is 48.5 Å². The Morgan fingerprint density at radius 3 is 2.30 bits per heavy atom. The van der Waals surface area contributed by atoms with E-state index in [1.807, 2.05) is 30.3 Å². The molecule has 1 aromatic heterocycles. The summed E-state index contributed by atoms with van der Waals surface area (Å²) in [4.78, 5) is 4.61. The van der Waals surface area contributed by atoms with Crippen LogP contribution in [0.4, 0.5) is 10.3 Å². The number of oxazole rings is 1. The van der Waals surface area contributed by atoms with Crippen molar-refractivity contribution in [2.24, 2.45) is 0 Å². The van der Waals surface area contributed by atoms with Crippen molar-refractivity contribution in [1.29, 1.82) is 0 Å². The second-order valence-electron chi connectivity index (χ2n) is 6.83. The molecule has 30 heavy (non-hydrogen) atoms. The van der Waals surface area contributed by atoms with E-state index in [1.165, 1.54) is 18.2 Å². The second kappa shape index (κ2) is 8.12. The van der Waals surface area contributed by atoms with Gasteiger partial charge in [-0.05, 0) is 48.4 Å². The zero-order chi connectivity index (χ0) is 21.1. The molecule has 1 heterocycles. The summed E-state index contributed by atoms with van der Waals surface area (Å²) in [5, 5.41) is 0. The van der Waals surface area contributed by atoms with Crippen molar-refractivity contribution < 1.29 is 17.2 Å². The number of benzene rings is 3. The van der Waals surface area contributed by atoms with E-state index in [0.717, 1.165) is 5.56 Å². The molecule has 0 bridgehead atoms. The van der Waals surface area contributed by atoms with Gasteiger partial charge < -0.3 is 4.42 Å². The lowest BCUT2D eigenvalue weighted by Gasteiger charge is -2.07. The molecule has 7 heteroatoms.